The molecule has 7 nitrogen and oxygen atoms in total. The molecule has 11 heteroatoms. The van der Waals surface area contributed by atoms with Crippen LogP contribution in [0.2, 0.25) is 0 Å². The fourth-order valence-electron chi connectivity index (χ4n) is 4.35. The number of piperidine rings is 1. The number of halogens is 3. The Kier molecular flexibility index (Phi) is 7.53. The Morgan fingerprint density at radius 1 is 1.17 bits per heavy atom. The van der Waals surface area contributed by atoms with Gasteiger partial charge in [0.1, 0.15) is 28.8 Å². The first-order valence-electron chi connectivity index (χ1n) is 11.2. The molecule has 2 aromatic heterocycles. The third-order valence-corrected chi connectivity index (χ3v) is 7.15. The van der Waals surface area contributed by atoms with Gasteiger partial charge in [-0.3, -0.25) is 14.0 Å². The van der Waals surface area contributed by atoms with Gasteiger partial charge in [0, 0.05) is 77.1 Å². The van der Waals surface area contributed by atoms with E-state index in [2.05, 4.69) is 9.97 Å². The summed E-state index contributed by atoms with van der Waals surface area (Å²) >= 11 is 0. The Labute approximate surface area is 208 Å². The summed E-state index contributed by atoms with van der Waals surface area (Å²) < 4.78 is 55.5. The topological polar surface area (TPSA) is 109 Å². The summed E-state index contributed by atoms with van der Waals surface area (Å²) in [5, 5.41) is 10.2. The number of aliphatic hydroxyl groups is 1. The number of nitrogens with zero attached hydrogens (tertiary/aromatic N) is 3. The van der Waals surface area contributed by atoms with E-state index in [1.807, 2.05) is 11.8 Å². The summed E-state index contributed by atoms with van der Waals surface area (Å²) in [6.07, 6.45) is 3.59. The van der Waals surface area contributed by atoms with Crippen LogP contribution in [-0.4, -0.2) is 56.6 Å². The van der Waals surface area contributed by atoms with E-state index >= 15 is 0 Å². The number of ketones is 1. The zero-order valence-corrected chi connectivity index (χ0v) is 20.4. The number of hydrogen-bond acceptors (Lipinski definition) is 7. The molecule has 190 valence electrons. The van der Waals surface area contributed by atoms with Crippen LogP contribution in [0, 0.1) is 23.4 Å². The van der Waals surface area contributed by atoms with Crippen molar-refractivity contribution >= 4 is 22.3 Å². The zero-order chi connectivity index (χ0) is 26.1. The molecule has 0 aliphatic carbocycles. The maximum atomic E-state index is 14.7. The lowest BCUT2D eigenvalue weighted by atomic mass is 9.92. The van der Waals surface area contributed by atoms with Gasteiger partial charge in [-0.15, -0.1) is 0 Å². The number of nitrogens with two attached hydrogens (primary N) is 1. The molecular formula is C25H25F3N4O3S. The summed E-state index contributed by atoms with van der Waals surface area (Å²) in [5.41, 5.74) is 5.79. The number of aromatic nitrogens is 2. The van der Waals surface area contributed by atoms with Crippen molar-refractivity contribution in [2.75, 3.05) is 24.2 Å². The number of pyridine rings is 2. The predicted octanol–water partition coefficient (Wildman–Crippen LogP) is 2.87. The lowest BCUT2D eigenvalue weighted by Crippen LogP contribution is -2.55. The first-order chi connectivity index (χ1) is 17.1. The van der Waals surface area contributed by atoms with Gasteiger partial charge < -0.3 is 15.7 Å². The van der Waals surface area contributed by atoms with Crippen molar-refractivity contribution in [1.82, 2.24) is 9.97 Å². The van der Waals surface area contributed by atoms with Crippen LogP contribution in [0.4, 0.5) is 18.9 Å². The van der Waals surface area contributed by atoms with Crippen LogP contribution in [-0.2, 0) is 17.2 Å². The van der Waals surface area contributed by atoms with Crippen molar-refractivity contribution in [3.8, 4) is 11.3 Å². The molecule has 3 N–H and O–H groups in total. The molecule has 1 fully saturated rings. The molecule has 3 heterocycles. The van der Waals surface area contributed by atoms with Crippen LogP contribution in [0.3, 0.4) is 0 Å². The van der Waals surface area contributed by atoms with Gasteiger partial charge in [-0.1, -0.05) is 6.92 Å². The number of benzene rings is 1. The number of anilines is 1. The van der Waals surface area contributed by atoms with E-state index in [9.17, 15) is 27.3 Å². The van der Waals surface area contributed by atoms with Crippen LogP contribution in [0.25, 0.3) is 11.3 Å². The molecule has 36 heavy (non-hydrogen) atoms. The summed E-state index contributed by atoms with van der Waals surface area (Å²) in [6.45, 7) is 2.79. The number of hydrogen-bond donors (Lipinski definition) is 2. The molecular weight excluding hydrogens is 493 g/mol. The average Bonchev–Trinajstić information content (AvgIpc) is 2.83. The van der Waals surface area contributed by atoms with Crippen molar-refractivity contribution in [1.29, 1.82) is 0 Å². The summed E-state index contributed by atoms with van der Waals surface area (Å²) in [7, 11) is -1.65. The highest BCUT2D eigenvalue weighted by atomic mass is 32.2. The van der Waals surface area contributed by atoms with Crippen molar-refractivity contribution in [2.45, 2.75) is 30.4 Å². The summed E-state index contributed by atoms with van der Waals surface area (Å²) in [4.78, 5) is 23.0. The molecule has 4 rings (SSSR count). The number of aliphatic hydroxyl groups excluding tert-OH is 1. The largest absolute Gasteiger partial charge is 0.391 e. The van der Waals surface area contributed by atoms with Crippen molar-refractivity contribution in [3.05, 3.63) is 71.4 Å². The van der Waals surface area contributed by atoms with E-state index in [1.54, 1.807) is 12.3 Å². The van der Waals surface area contributed by atoms with Gasteiger partial charge in [-0.2, -0.15) is 0 Å². The second-order valence-electron chi connectivity index (χ2n) is 8.88. The first kappa shape index (κ1) is 25.9. The van der Waals surface area contributed by atoms with Gasteiger partial charge in [-0.05, 0) is 30.3 Å². The third-order valence-electron chi connectivity index (χ3n) is 6.25. The lowest BCUT2D eigenvalue weighted by molar-refractivity contribution is 0.0784. The Hall–Kier alpha value is -3.15. The average molecular weight is 519 g/mol. The minimum absolute atomic E-state index is 0.0897. The molecule has 0 radical (unpaired) electrons. The molecule has 1 aliphatic heterocycles. The van der Waals surface area contributed by atoms with Crippen molar-refractivity contribution in [3.63, 3.8) is 0 Å². The third kappa shape index (κ3) is 5.18. The van der Waals surface area contributed by atoms with Gasteiger partial charge in [0.2, 0.25) is 0 Å². The molecule has 0 unspecified atom stereocenters. The van der Waals surface area contributed by atoms with Crippen molar-refractivity contribution in [2.24, 2.45) is 11.7 Å². The fourth-order valence-corrected chi connectivity index (χ4v) is 4.89. The summed E-state index contributed by atoms with van der Waals surface area (Å²) in [6, 6.07) is 5.07. The van der Waals surface area contributed by atoms with Crippen LogP contribution >= 0.6 is 0 Å². The van der Waals surface area contributed by atoms with Gasteiger partial charge in [-0.25, -0.2) is 18.2 Å². The Balaban J connectivity index is 1.64. The minimum atomic E-state index is -1.65. The van der Waals surface area contributed by atoms with E-state index < -0.39 is 57.4 Å². The Morgan fingerprint density at radius 3 is 2.50 bits per heavy atom. The fraction of sp³-hybridized carbons (Fsp3) is 0.320. The van der Waals surface area contributed by atoms with Crippen LogP contribution in [0.1, 0.15) is 23.0 Å². The predicted molar refractivity (Wildman–Crippen MR) is 130 cm³/mol. The van der Waals surface area contributed by atoms with E-state index in [1.165, 1.54) is 12.5 Å². The van der Waals surface area contributed by atoms with Crippen molar-refractivity contribution < 1.29 is 27.3 Å². The SMILES string of the molecule is C[C@H]1CN(c2ccncc2CC(=O)c2ccc(F)c(-c3c(F)cc([S@](C)=O)cc3F)n2)C[C@@H](N)[C@@H]1O. The molecule has 0 spiro atoms. The van der Waals surface area contributed by atoms with Crippen LogP contribution < -0.4 is 10.6 Å². The van der Waals surface area contributed by atoms with E-state index in [0.717, 1.165) is 30.0 Å². The molecule has 3 aromatic rings. The van der Waals surface area contributed by atoms with Gasteiger partial charge in [0.05, 0.1) is 11.7 Å². The quantitative estimate of drug-likeness (QED) is 0.483. The van der Waals surface area contributed by atoms with E-state index in [0.29, 0.717) is 18.7 Å². The first-order valence-corrected chi connectivity index (χ1v) is 12.8. The second kappa shape index (κ2) is 10.5. The normalized spacial score (nSPS) is 20.9. The lowest BCUT2D eigenvalue weighted by Gasteiger charge is -2.40. The number of Topliss-reactive ketones (excluding diaryl/α,β-unsaturated/α-hetero) is 1. The van der Waals surface area contributed by atoms with Gasteiger partial charge in [0.15, 0.2) is 5.78 Å². The van der Waals surface area contributed by atoms with Crippen LogP contribution in [0.5, 0.6) is 0 Å². The van der Waals surface area contributed by atoms with E-state index in [4.69, 9.17) is 5.73 Å². The highest BCUT2D eigenvalue weighted by Gasteiger charge is 2.32. The smallest absolute Gasteiger partial charge is 0.185 e. The molecule has 0 bridgehead atoms. The Bertz CT molecular complexity index is 1300. The second-order valence-corrected chi connectivity index (χ2v) is 10.3. The van der Waals surface area contributed by atoms with Gasteiger partial charge in [0.25, 0.3) is 0 Å². The van der Waals surface area contributed by atoms with Crippen LogP contribution in [0.15, 0.2) is 47.6 Å². The standard InChI is InChI=1S/C25H25F3N4O3S/c1-13-11-32(12-19(29)25(13)34)21-5-6-30-10-14(21)7-22(33)20-4-3-16(26)24(31-20)23-17(27)8-15(36(2)35)9-18(23)28/h3-6,8-10,13,19,25,34H,7,11-12,29H2,1-2H3/t13-,19+,25+,36-/m0/s1. The Morgan fingerprint density at radius 2 is 1.86 bits per heavy atom. The van der Waals surface area contributed by atoms with Gasteiger partial charge >= 0.3 is 0 Å². The molecule has 4 atom stereocenters. The summed E-state index contributed by atoms with van der Waals surface area (Å²) in [5.74, 6) is -3.88. The maximum Gasteiger partial charge on any atom is 0.185 e. The number of rotatable bonds is 6. The monoisotopic (exact) mass is 518 g/mol. The molecule has 1 saturated heterocycles. The molecule has 1 aromatic carbocycles. The zero-order valence-electron chi connectivity index (χ0n) is 19.6. The molecule has 0 saturated carbocycles. The number of carbonyl (C=O) groups excluding carboxylic acids is 1. The molecule has 0 amide bonds. The van der Waals surface area contributed by atoms with E-state index in [-0.39, 0.29) is 22.9 Å². The highest BCUT2D eigenvalue weighted by Crippen LogP contribution is 2.30. The molecule has 1 aliphatic rings. The maximum absolute atomic E-state index is 14.7. The highest BCUT2D eigenvalue weighted by molar-refractivity contribution is 7.84. The minimum Gasteiger partial charge on any atom is -0.391 e. The number of carbonyl (C=O) groups is 1.